The van der Waals surface area contributed by atoms with E-state index in [-0.39, 0.29) is 13.0 Å². The van der Waals surface area contributed by atoms with Crippen LogP contribution < -0.4 is 0 Å². The van der Waals surface area contributed by atoms with Crippen LogP contribution in [0.5, 0.6) is 0 Å². The highest BCUT2D eigenvalue weighted by Gasteiger charge is 2.06. The third-order valence-corrected chi connectivity index (χ3v) is 1.36. The molecule has 2 atom stereocenters. The zero-order chi connectivity index (χ0) is 9.40. The number of rotatable bonds is 5. The fourth-order valence-corrected chi connectivity index (χ4v) is 0.735. The van der Waals surface area contributed by atoms with Crippen molar-refractivity contribution in [3.8, 4) is 0 Å². The summed E-state index contributed by atoms with van der Waals surface area (Å²) < 4.78 is 0. The SMILES string of the molecule is CC=CC=CC(O)CC(O)CO. The van der Waals surface area contributed by atoms with Crippen molar-refractivity contribution < 1.29 is 15.3 Å². The van der Waals surface area contributed by atoms with Crippen LogP contribution in [0.15, 0.2) is 24.3 Å². The van der Waals surface area contributed by atoms with Crippen molar-refractivity contribution in [2.45, 2.75) is 25.6 Å². The molecule has 0 aromatic rings. The third-order valence-electron chi connectivity index (χ3n) is 1.36. The van der Waals surface area contributed by atoms with Crippen molar-refractivity contribution in [1.29, 1.82) is 0 Å². The minimum Gasteiger partial charge on any atom is -0.394 e. The van der Waals surface area contributed by atoms with Crippen molar-refractivity contribution in [1.82, 2.24) is 0 Å². The normalized spacial score (nSPS) is 17.3. The van der Waals surface area contributed by atoms with Gasteiger partial charge in [0, 0.05) is 6.42 Å². The molecule has 12 heavy (non-hydrogen) atoms. The molecule has 0 fully saturated rings. The summed E-state index contributed by atoms with van der Waals surface area (Å²) in [5, 5.41) is 26.6. The van der Waals surface area contributed by atoms with Gasteiger partial charge in [-0.1, -0.05) is 24.3 Å². The summed E-state index contributed by atoms with van der Waals surface area (Å²) in [6, 6.07) is 0. The third kappa shape index (κ3) is 6.09. The van der Waals surface area contributed by atoms with Crippen LogP contribution in [0, 0.1) is 0 Å². The molecular weight excluding hydrogens is 156 g/mol. The molecule has 0 aliphatic rings. The van der Waals surface area contributed by atoms with E-state index in [0.717, 1.165) is 0 Å². The molecule has 2 unspecified atom stereocenters. The minimum absolute atomic E-state index is 0.171. The van der Waals surface area contributed by atoms with Crippen molar-refractivity contribution >= 4 is 0 Å². The minimum atomic E-state index is -0.838. The maximum absolute atomic E-state index is 9.19. The smallest absolute Gasteiger partial charge is 0.0798 e. The highest BCUT2D eigenvalue weighted by atomic mass is 16.3. The van der Waals surface area contributed by atoms with Gasteiger partial charge in [0.05, 0.1) is 18.8 Å². The molecule has 3 N–H and O–H groups in total. The number of aliphatic hydroxyl groups excluding tert-OH is 3. The lowest BCUT2D eigenvalue weighted by Gasteiger charge is -2.08. The van der Waals surface area contributed by atoms with Gasteiger partial charge in [0.15, 0.2) is 0 Å². The van der Waals surface area contributed by atoms with Gasteiger partial charge in [0.2, 0.25) is 0 Å². The zero-order valence-electron chi connectivity index (χ0n) is 7.22. The topological polar surface area (TPSA) is 60.7 Å². The average molecular weight is 172 g/mol. The van der Waals surface area contributed by atoms with Gasteiger partial charge in [0.25, 0.3) is 0 Å². The van der Waals surface area contributed by atoms with Gasteiger partial charge in [-0.05, 0) is 6.92 Å². The van der Waals surface area contributed by atoms with Crippen LogP contribution in [0.2, 0.25) is 0 Å². The van der Waals surface area contributed by atoms with E-state index in [1.165, 1.54) is 0 Å². The summed E-state index contributed by atoms with van der Waals surface area (Å²) in [6.07, 6.45) is 5.54. The second kappa shape index (κ2) is 7.03. The van der Waals surface area contributed by atoms with Crippen LogP contribution in [0.3, 0.4) is 0 Å². The molecule has 0 aliphatic carbocycles. The first kappa shape index (κ1) is 11.4. The van der Waals surface area contributed by atoms with Crippen LogP contribution in [-0.2, 0) is 0 Å². The Labute approximate surface area is 72.7 Å². The zero-order valence-corrected chi connectivity index (χ0v) is 7.22. The molecule has 3 heteroatoms. The van der Waals surface area contributed by atoms with E-state index < -0.39 is 12.2 Å². The van der Waals surface area contributed by atoms with E-state index in [1.807, 2.05) is 13.0 Å². The number of allylic oxidation sites excluding steroid dienone is 3. The van der Waals surface area contributed by atoms with E-state index >= 15 is 0 Å². The van der Waals surface area contributed by atoms with Gasteiger partial charge in [0.1, 0.15) is 0 Å². The molecular formula is C9H16O3. The second-order valence-electron chi connectivity index (χ2n) is 2.55. The van der Waals surface area contributed by atoms with E-state index in [1.54, 1.807) is 18.2 Å². The van der Waals surface area contributed by atoms with Gasteiger partial charge < -0.3 is 15.3 Å². The van der Waals surface area contributed by atoms with Crippen molar-refractivity contribution in [2.75, 3.05) is 6.61 Å². The first-order valence-electron chi connectivity index (χ1n) is 3.97. The molecule has 0 spiro atoms. The lowest BCUT2D eigenvalue weighted by Crippen LogP contribution is -2.19. The quantitative estimate of drug-likeness (QED) is 0.520. The Morgan fingerprint density at radius 3 is 2.42 bits per heavy atom. The van der Waals surface area contributed by atoms with Gasteiger partial charge in [-0.2, -0.15) is 0 Å². The number of aliphatic hydroxyl groups is 3. The Morgan fingerprint density at radius 1 is 1.25 bits per heavy atom. The van der Waals surface area contributed by atoms with Gasteiger partial charge >= 0.3 is 0 Å². The molecule has 0 radical (unpaired) electrons. The predicted octanol–water partition coefficient (Wildman–Crippen LogP) is 0.223. The maximum atomic E-state index is 9.19. The van der Waals surface area contributed by atoms with Gasteiger partial charge in [-0.25, -0.2) is 0 Å². The first-order valence-corrected chi connectivity index (χ1v) is 3.97. The molecule has 0 rings (SSSR count). The summed E-state index contributed by atoms with van der Waals surface area (Å²) in [6.45, 7) is 1.56. The Morgan fingerprint density at radius 2 is 1.92 bits per heavy atom. The lowest BCUT2D eigenvalue weighted by atomic mass is 10.1. The monoisotopic (exact) mass is 172 g/mol. The summed E-state index contributed by atoms with van der Waals surface area (Å²) in [4.78, 5) is 0. The van der Waals surface area contributed by atoms with Crippen LogP contribution in [0.1, 0.15) is 13.3 Å². The Hall–Kier alpha value is -0.640. The second-order valence-corrected chi connectivity index (χ2v) is 2.55. The summed E-state index contributed by atoms with van der Waals surface area (Å²) in [5.74, 6) is 0. The first-order chi connectivity index (χ1) is 5.70. The van der Waals surface area contributed by atoms with Crippen molar-refractivity contribution in [3.63, 3.8) is 0 Å². The molecule has 0 heterocycles. The summed E-state index contributed by atoms with van der Waals surface area (Å²) in [5.41, 5.74) is 0. The standard InChI is InChI=1S/C9H16O3/c1-2-3-4-5-8(11)6-9(12)7-10/h2-5,8-12H,6-7H2,1H3. The van der Waals surface area contributed by atoms with E-state index in [2.05, 4.69) is 0 Å². The Kier molecular flexibility index (Phi) is 6.66. The Bertz CT molecular complexity index is 152. The lowest BCUT2D eigenvalue weighted by molar-refractivity contribution is 0.0557. The molecule has 0 saturated carbocycles. The van der Waals surface area contributed by atoms with Gasteiger partial charge in [-0.3, -0.25) is 0 Å². The molecule has 0 aromatic carbocycles. The summed E-state index contributed by atoms with van der Waals surface area (Å²) >= 11 is 0. The maximum Gasteiger partial charge on any atom is 0.0798 e. The van der Waals surface area contributed by atoms with Gasteiger partial charge in [-0.15, -0.1) is 0 Å². The highest BCUT2D eigenvalue weighted by Crippen LogP contribution is 1.99. The molecule has 0 aliphatic heterocycles. The molecule has 0 bridgehead atoms. The fourth-order valence-electron chi connectivity index (χ4n) is 0.735. The van der Waals surface area contributed by atoms with Crippen LogP contribution in [0.4, 0.5) is 0 Å². The van der Waals surface area contributed by atoms with Crippen molar-refractivity contribution in [2.24, 2.45) is 0 Å². The van der Waals surface area contributed by atoms with E-state index in [0.29, 0.717) is 0 Å². The average Bonchev–Trinajstić information content (AvgIpc) is 2.05. The highest BCUT2D eigenvalue weighted by molar-refractivity contribution is 5.03. The van der Waals surface area contributed by atoms with E-state index in [9.17, 15) is 5.11 Å². The fraction of sp³-hybridized carbons (Fsp3) is 0.556. The van der Waals surface area contributed by atoms with Crippen LogP contribution in [0.25, 0.3) is 0 Å². The van der Waals surface area contributed by atoms with Crippen LogP contribution >= 0.6 is 0 Å². The molecule has 0 amide bonds. The van der Waals surface area contributed by atoms with Crippen molar-refractivity contribution in [3.05, 3.63) is 24.3 Å². The largest absolute Gasteiger partial charge is 0.394 e. The van der Waals surface area contributed by atoms with E-state index in [4.69, 9.17) is 10.2 Å². The summed E-state index contributed by atoms with van der Waals surface area (Å²) in [7, 11) is 0. The molecule has 3 nitrogen and oxygen atoms in total. The molecule has 0 saturated heterocycles. The molecule has 0 aromatic heterocycles. The Balaban J connectivity index is 3.65. The predicted molar refractivity (Wildman–Crippen MR) is 47.7 cm³/mol. The van der Waals surface area contributed by atoms with Crippen LogP contribution in [-0.4, -0.2) is 34.1 Å². The molecule has 70 valence electrons. The number of hydrogen-bond donors (Lipinski definition) is 3. The number of hydrogen-bond acceptors (Lipinski definition) is 3.